The third-order valence-corrected chi connectivity index (χ3v) is 2.64. The predicted octanol–water partition coefficient (Wildman–Crippen LogP) is 2.28. The number of allylic oxidation sites excluding steroid dienone is 1. The number of hydrogen-bond donors (Lipinski definition) is 1. The third kappa shape index (κ3) is 2.69. The molecule has 14 heavy (non-hydrogen) atoms. The lowest BCUT2D eigenvalue weighted by Gasteiger charge is -2.11. The summed E-state index contributed by atoms with van der Waals surface area (Å²) in [5.74, 6) is 0. The van der Waals surface area contributed by atoms with E-state index < -0.39 is 0 Å². The van der Waals surface area contributed by atoms with E-state index in [0.29, 0.717) is 6.04 Å². The van der Waals surface area contributed by atoms with Crippen LogP contribution in [0.15, 0.2) is 23.3 Å². The van der Waals surface area contributed by atoms with Gasteiger partial charge in [-0.05, 0) is 18.4 Å². The first-order valence-corrected chi connectivity index (χ1v) is 5.44. The molecule has 0 saturated heterocycles. The van der Waals surface area contributed by atoms with Gasteiger partial charge >= 0.3 is 0 Å². The van der Waals surface area contributed by atoms with Crippen LogP contribution in [-0.4, -0.2) is 26.3 Å². The Morgan fingerprint density at radius 1 is 1.50 bits per heavy atom. The Labute approximate surface area is 87.0 Å². The van der Waals surface area contributed by atoms with E-state index >= 15 is 0 Å². The van der Waals surface area contributed by atoms with E-state index in [1.165, 1.54) is 11.1 Å². The quantitative estimate of drug-likeness (QED) is 0.726. The second kappa shape index (κ2) is 5.99. The summed E-state index contributed by atoms with van der Waals surface area (Å²) in [5.41, 5.74) is 2.97. The summed E-state index contributed by atoms with van der Waals surface area (Å²) in [6, 6.07) is 0.401. The average molecular weight is 195 g/mol. The molecule has 0 fully saturated rings. The van der Waals surface area contributed by atoms with Gasteiger partial charge in [0, 0.05) is 13.7 Å². The van der Waals surface area contributed by atoms with Crippen LogP contribution in [0.1, 0.15) is 26.7 Å². The second-order valence-electron chi connectivity index (χ2n) is 3.61. The minimum absolute atomic E-state index is 0.401. The first-order valence-electron chi connectivity index (χ1n) is 5.44. The molecule has 0 aromatic rings. The van der Waals surface area contributed by atoms with Crippen molar-refractivity contribution in [2.24, 2.45) is 0 Å². The Morgan fingerprint density at radius 3 is 2.86 bits per heavy atom. The van der Waals surface area contributed by atoms with Gasteiger partial charge in [-0.2, -0.15) is 0 Å². The standard InChI is InChI=1S/C12H21NO/c1-4-6-7-11-10(5-2)8-13-12(11)9-14-3/h6-7,12-13H,4-5,8-9H2,1-3H3/b7-6-. The van der Waals surface area contributed by atoms with Crippen molar-refractivity contribution >= 4 is 0 Å². The fourth-order valence-corrected chi connectivity index (χ4v) is 1.83. The normalized spacial score (nSPS) is 22.6. The van der Waals surface area contributed by atoms with Gasteiger partial charge in [0.15, 0.2) is 0 Å². The van der Waals surface area contributed by atoms with Crippen molar-refractivity contribution in [1.29, 1.82) is 0 Å². The van der Waals surface area contributed by atoms with Crippen molar-refractivity contribution in [3.05, 3.63) is 23.3 Å². The van der Waals surface area contributed by atoms with Crippen LogP contribution in [0.4, 0.5) is 0 Å². The molecule has 0 amide bonds. The Hall–Kier alpha value is -0.600. The molecule has 80 valence electrons. The molecule has 1 heterocycles. The van der Waals surface area contributed by atoms with Gasteiger partial charge in [-0.3, -0.25) is 0 Å². The number of ether oxygens (including phenoxy) is 1. The van der Waals surface area contributed by atoms with Gasteiger partial charge in [0.1, 0.15) is 0 Å². The monoisotopic (exact) mass is 195 g/mol. The Balaban J connectivity index is 2.72. The molecule has 0 saturated carbocycles. The summed E-state index contributed by atoms with van der Waals surface area (Å²) in [7, 11) is 1.76. The SMILES string of the molecule is CC/C=C\C1=C(CC)CNC1COC. The maximum Gasteiger partial charge on any atom is 0.0657 e. The molecule has 1 aliphatic heterocycles. The summed E-state index contributed by atoms with van der Waals surface area (Å²) < 4.78 is 5.20. The van der Waals surface area contributed by atoms with Crippen LogP contribution in [0.25, 0.3) is 0 Å². The maximum atomic E-state index is 5.20. The van der Waals surface area contributed by atoms with E-state index in [2.05, 4.69) is 31.3 Å². The van der Waals surface area contributed by atoms with Crippen LogP contribution in [0.3, 0.4) is 0 Å². The topological polar surface area (TPSA) is 21.3 Å². The fraction of sp³-hybridized carbons (Fsp3) is 0.667. The summed E-state index contributed by atoms with van der Waals surface area (Å²) in [4.78, 5) is 0. The summed E-state index contributed by atoms with van der Waals surface area (Å²) in [6.07, 6.45) is 6.71. The number of hydrogen-bond acceptors (Lipinski definition) is 2. The fourth-order valence-electron chi connectivity index (χ4n) is 1.83. The molecule has 1 unspecified atom stereocenters. The number of nitrogens with one attached hydrogen (secondary N) is 1. The first-order chi connectivity index (χ1) is 6.83. The highest BCUT2D eigenvalue weighted by molar-refractivity contribution is 5.36. The van der Waals surface area contributed by atoms with Crippen molar-refractivity contribution in [1.82, 2.24) is 5.32 Å². The van der Waals surface area contributed by atoms with E-state index in [1.54, 1.807) is 7.11 Å². The van der Waals surface area contributed by atoms with Crippen LogP contribution < -0.4 is 5.32 Å². The van der Waals surface area contributed by atoms with Gasteiger partial charge in [-0.1, -0.05) is 31.6 Å². The molecular formula is C12H21NO. The highest BCUT2D eigenvalue weighted by Crippen LogP contribution is 2.20. The van der Waals surface area contributed by atoms with Crippen molar-refractivity contribution in [3.8, 4) is 0 Å². The lowest BCUT2D eigenvalue weighted by Crippen LogP contribution is -2.29. The van der Waals surface area contributed by atoms with Crippen LogP contribution in [0.2, 0.25) is 0 Å². The first kappa shape index (κ1) is 11.5. The molecule has 0 spiro atoms. The van der Waals surface area contributed by atoms with Crippen molar-refractivity contribution < 1.29 is 4.74 Å². The molecule has 0 radical (unpaired) electrons. The third-order valence-electron chi connectivity index (χ3n) is 2.64. The summed E-state index contributed by atoms with van der Waals surface area (Å²) in [6.45, 7) is 6.17. The minimum Gasteiger partial charge on any atom is -0.383 e. The van der Waals surface area contributed by atoms with Crippen LogP contribution >= 0.6 is 0 Å². The van der Waals surface area contributed by atoms with Gasteiger partial charge in [0.2, 0.25) is 0 Å². The maximum absolute atomic E-state index is 5.20. The highest BCUT2D eigenvalue weighted by atomic mass is 16.5. The van der Waals surface area contributed by atoms with Crippen LogP contribution in [0, 0.1) is 0 Å². The molecule has 1 N–H and O–H groups in total. The van der Waals surface area contributed by atoms with Crippen molar-refractivity contribution in [2.45, 2.75) is 32.7 Å². The molecule has 1 atom stereocenters. The second-order valence-corrected chi connectivity index (χ2v) is 3.61. The highest BCUT2D eigenvalue weighted by Gasteiger charge is 2.21. The molecule has 0 bridgehead atoms. The Bertz CT molecular complexity index is 230. The molecule has 1 rings (SSSR count). The van der Waals surface area contributed by atoms with E-state index in [4.69, 9.17) is 4.74 Å². The minimum atomic E-state index is 0.401. The Kier molecular flexibility index (Phi) is 4.91. The zero-order chi connectivity index (χ0) is 10.4. The summed E-state index contributed by atoms with van der Waals surface area (Å²) in [5, 5.41) is 3.47. The zero-order valence-electron chi connectivity index (χ0n) is 9.47. The van der Waals surface area contributed by atoms with Gasteiger partial charge in [0.25, 0.3) is 0 Å². The van der Waals surface area contributed by atoms with E-state index in [1.807, 2.05) is 0 Å². The molecule has 0 aromatic heterocycles. The van der Waals surface area contributed by atoms with Gasteiger partial charge < -0.3 is 10.1 Å². The van der Waals surface area contributed by atoms with Crippen LogP contribution in [0.5, 0.6) is 0 Å². The lowest BCUT2D eigenvalue weighted by atomic mass is 10.0. The molecule has 1 aliphatic rings. The van der Waals surface area contributed by atoms with E-state index in [9.17, 15) is 0 Å². The summed E-state index contributed by atoms with van der Waals surface area (Å²) >= 11 is 0. The molecular weight excluding hydrogens is 174 g/mol. The predicted molar refractivity (Wildman–Crippen MR) is 60.4 cm³/mol. The molecule has 0 aliphatic carbocycles. The molecule has 2 heteroatoms. The lowest BCUT2D eigenvalue weighted by molar-refractivity contribution is 0.182. The molecule has 2 nitrogen and oxygen atoms in total. The van der Waals surface area contributed by atoms with Gasteiger partial charge in [-0.15, -0.1) is 0 Å². The van der Waals surface area contributed by atoms with Crippen molar-refractivity contribution in [2.75, 3.05) is 20.3 Å². The molecule has 0 aromatic carbocycles. The van der Waals surface area contributed by atoms with Crippen LogP contribution in [-0.2, 0) is 4.74 Å². The van der Waals surface area contributed by atoms with E-state index in [-0.39, 0.29) is 0 Å². The average Bonchev–Trinajstić information content (AvgIpc) is 2.58. The van der Waals surface area contributed by atoms with Gasteiger partial charge in [0.05, 0.1) is 12.6 Å². The number of rotatable bonds is 5. The largest absolute Gasteiger partial charge is 0.383 e. The zero-order valence-corrected chi connectivity index (χ0v) is 9.47. The smallest absolute Gasteiger partial charge is 0.0657 e. The van der Waals surface area contributed by atoms with E-state index in [0.717, 1.165) is 26.0 Å². The Morgan fingerprint density at radius 2 is 2.29 bits per heavy atom. The van der Waals surface area contributed by atoms with Gasteiger partial charge in [-0.25, -0.2) is 0 Å². The number of methoxy groups -OCH3 is 1. The van der Waals surface area contributed by atoms with Crippen molar-refractivity contribution in [3.63, 3.8) is 0 Å².